The van der Waals surface area contributed by atoms with Gasteiger partial charge in [0.2, 0.25) is 0 Å². The molecule has 2 heterocycles. The first kappa shape index (κ1) is 10.3. The van der Waals surface area contributed by atoms with Crippen molar-refractivity contribution in [1.29, 1.82) is 0 Å². The van der Waals surface area contributed by atoms with E-state index in [4.69, 9.17) is 5.73 Å². The van der Waals surface area contributed by atoms with Gasteiger partial charge in [0.25, 0.3) is 0 Å². The molecule has 0 aliphatic rings. The molecule has 1 unspecified atom stereocenters. The molecule has 0 saturated carbocycles. The number of hydrogen-bond donors (Lipinski definition) is 1. The second-order valence-electron chi connectivity index (χ2n) is 3.47. The largest absolute Gasteiger partial charge is 0.322 e. The predicted molar refractivity (Wildman–Crippen MR) is 61.7 cm³/mol. The number of hydrogen-bond acceptors (Lipinski definition) is 4. The molecule has 0 bridgehead atoms. The van der Waals surface area contributed by atoms with Gasteiger partial charge in [-0.15, -0.1) is 11.3 Å². The minimum Gasteiger partial charge on any atom is -0.322 e. The van der Waals surface area contributed by atoms with E-state index < -0.39 is 0 Å². The van der Waals surface area contributed by atoms with E-state index in [-0.39, 0.29) is 6.04 Å². The summed E-state index contributed by atoms with van der Waals surface area (Å²) in [5.74, 6) is 0. The van der Waals surface area contributed by atoms with E-state index in [1.54, 1.807) is 23.7 Å². The highest BCUT2D eigenvalue weighted by Crippen LogP contribution is 2.17. The Balaban J connectivity index is 2.08. The third-order valence-electron chi connectivity index (χ3n) is 2.18. The Morgan fingerprint density at radius 3 is 2.87 bits per heavy atom. The first-order chi connectivity index (χ1) is 7.25. The monoisotopic (exact) mass is 219 g/mol. The highest BCUT2D eigenvalue weighted by Gasteiger charge is 2.09. The van der Waals surface area contributed by atoms with Gasteiger partial charge in [-0.25, -0.2) is 0 Å². The Morgan fingerprint density at radius 1 is 1.40 bits per heavy atom. The summed E-state index contributed by atoms with van der Waals surface area (Å²) in [5, 5.41) is 2.06. The molecule has 2 N–H and O–H groups in total. The summed E-state index contributed by atoms with van der Waals surface area (Å²) in [6.07, 6.45) is 4.34. The summed E-state index contributed by atoms with van der Waals surface area (Å²) >= 11 is 1.72. The summed E-state index contributed by atoms with van der Waals surface area (Å²) in [4.78, 5) is 9.75. The second kappa shape index (κ2) is 4.51. The quantitative estimate of drug-likeness (QED) is 0.860. The Bertz CT molecular complexity index is 408. The summed E-state index contributed by atoms with van der Waals surface area (Å²) in [6, 6.07) is 4.07. The molecule has 0 amide bonds. The summed E-state index contributed by atoms with van der Waals surface area (Å²) in [7, 11) is 0. The lowest BCUT2D eigenvalue weighted by atomic mass is 10.1. The van der Waals surface area contributed by atoms with E-state index in [1.807, 2.05) is 13.0 Å². The molecule has 1 atom stereocenters. The SMILES string of the molecule is Cc1cnc(C(N)Cc2cccs2)cn1. The topological polar surface area (TPSA) is 51.8 Å². The van der Waals surface area contributed by atoms with E-state index in [0.29, 0.717) is 0 Å². The van der Waals surface area contributed by atoms with Crippen molar-refractivity contribution in [3.63, 3.8) is 0 Å². The lowest BCUT2D eigenvalue weighted by Crippen LogP contribution is -2.14. The van der Waals surface area contributed by atoms with Gasteiger partial charge in [-0.3, -0.25) is 9.97 Å². The zero-order valence-electron chi connectivity index (χ0n) is 8.55. The third-order valence-corrected chi connectivity index (χ3v) is 3.08. The summed E-state index contributed by atoms with van der Waals surface area (Å²) in [5.41, 5.74) is 7.81. The van der Waals surface area contributed by atoms with E-state index in [9.17, 15) is 0 Å². The van der Waals surface area contributed by atoms with Crippen LogP contribution in [0.4, 0.5) is 0 Å². The van der Waals surface area contributed by atoms with Gasteiger partial charge >= 0.3 is 0 Å². The zero-order valence-corrected chi connectivity index (χ0v) is 9.37. The Labute approximate surface area is 93.0 Å². The lowest BCUT2D eigenvalue weighted by molar-refractivity contribution is 0.696. The van der Waals surface area contributed by atoms with Gasteiger partial charge in [-0.2, -0.15) is 0 Å². The van der Waals surface area contributed by atoms with Crippen LogP contribution in [0.2, 0.25) is 0 Å². The van der Waals surface area contributed by atoms with Crippen molar-refractivity contribution < 1.29 is 0 Å². The Morgan fingerprint density at radius 2 is 2.27 bits per heavy atom. The molecular formula is C11H13N3S. The fourth-order valence-electron chi connectivity index (χ4n) is 1.34. The maximum atomic E-state index is 6.04. The van der Waals surface area contributed by atoms with Crippen molar-refractivity contribution in [2.75, 3.05) is 0 Å². The smallest absolute Gasteiger partial charge is 0.0757 e. The summed E-state index contributed by atoms with van der Waals surface area (Å²) < 4.78 is 0. The molecule has 0 saturated heterocycles. The number of rotatable bonds is 3. The molecule has 78 valence electrons. The molecule has 0 aromatic carbocycles. The molecule has 0 fully saturated rings. The van der Waals surface area contributed by atoms with Crippen LogP contribution in [-0.2, 0) is 6.42 Å². The van der Waals surface area contributed by atoms with Crippen LogP contribution in [0.15, 0.2) is 29.9 Å². The highest BCUT2D eigenvalue weighted by atomic mass is 32.1. The lowest BCUT2D eigenvalue weighted by Gasteiger charge is -2.08. The number of aromatic nitrogens is 2. The highest BCUT2D eigenvalue weighted by molar-refractivity contribution is 7.09. The van der Waals surface area contributed by atoms with Crippen LogP contribution in [0.3, 0.4) is 0 Å². The van der Waals surface area contributed by atoms with Gasteiger partial charge in [-0.05, 0) is 18.4 Å². The van der Waals surface area contributed by atoms with Crippen molar-refractivity contribution in [1.82, 2.24) is 9.97 Å². The number of nitrogens with zero attached hydrogens (tertiary/aromatic N) is 2. The molecule has 0 aliphatic heterocycles. The third kappa shape index (κ3) is 2.61. The number of aryl methyl sites for hydroxylation is 1. The van der Waals surface area contributed by atoms with E-state index in [2.05, 4.69) is 21.4 Å². The van der Waals surface area contributed by atoms with Gasteiger partial charge in [0.15, 0.2) is 0 Å². The molecular weight excluding hydrogens is 206 g/mol. The van der Waals surface area contributed by atoms with Crippen molar-refractivity contribution >= 4 is 11.3 Å². The first-order valence-electron chi connectivity index (χ1n) is 4.82. The van der Waals surface area contributed by atoms with Crippen molar-refractivity contribution in [2.45, 2.75) is 19.4 Å². The van der Waals surface area contributed by atoms with Crippen LogP contribution >= 0.6 is 11.3 Å². The van der Waals surface area contributed by atoms with Crippen LogP contribution in [0, 0.1) is 6.92 Å². The average molecular weight is 219 g/mol. The fourth-order valence-corrected chi connectivity index (χ4v) is 2.11. The minimum atomic E-state index is -0.0586. The van der Waals surface area contributed by atoms with Crippen LogP contribution < -0.4 is 5.73 Å². The van der Waals surface area contributed by atoms with Crippen LogP contribution in [0.5, 0.6) is 0 Å². The van der Waals surface area contributed by atoms with Crippen LogP contribution in [0.1, 0.15) is 22.3 Å². The summed E-state index contributed by atoms with van der Waals surface area (Å²) in [6.45, 7) is 1.92. The van der Waals surface area contributed by atoms with Crippen LogP contribution in [-0.4, -0.2) is 9.97 Å². The molecule has 0 spiro atoms. The molecule has 2 rings (SSSR count). The van der Waals surface area contributed by atoms with Gasteiger partial charge in [-0.1, -0.05) is 6.07 Å². The van der Waals surface area contributed by atoms with Crippen molar-refractivity contribution in [2.24, 2.45) is 5.73 Å². The molecule has 2 aromatic heterocycles. The molecule has 2 aromatic rings. The molecule has 4 heteroatoms. The standard InChI is InChI=1S/C11H13N3S/c1-8-6-14-11(7-13-8)10(12)5-9-3-2-4-15-9/h2-4,6-7,10H,5,12H2,1H3. The van der Waals surface area contributed by atoms with E-state index >= 15 is 0 Å². The second-order valence-corrected chi connectivity index (χ2v) is 4.50. The normalized spacial score (nSPS) is 12.7. The number of nitrogens with two attached hydrogens (primary N) is 1. The van der Waals surface area contributed by atoms with E-state index in [1.165, 1.54) is 4.88 Å². The van der Waals surface area contributed by atoms with Crippen molar-refractivity contribution in [3.05, 3.63) is 46.2 Å². The first-order valence-corrected chi connectivity index (χ1v) is 5.70. The maximum absolute atomic E-state index is 6.04. The Kier molecular flexibility index (Phi) is 3.08. The van der Waals surface area contributed by atoms with Gasteiger partial charge in [0.1, 0.15) is 0 Å². The number of thiophene rings is 1. The molecule has 15 heavy (non-hydrogen) atoms. The molecule has 3 nitrogen and oxygen atoms in total. The Hall–Kier alpha value is -1.26. The van der Waals surface area contributed by atoms with Crippen molar-refractivity contribution in [3.8, 4) is 0 Å². The average Bonchev–Trinajstić information content (AvgIpc) is 2.71. The maximum Gasteiger partial charge on any atom is 0.0757 e. The van der Waals surface area contributed by atoms with Gasteiger partial charge in [0.05, 0.1) is 23.6 Å². The van der Waals surface area contributed by atoms with Gasteiger partial charge in [0, 0.05) is 17.5 Å². The fraction of sp³-hybridized carbons (Fsp3) is 0.273. The zero-order chi connectivity index (χ0) is 10.7. The van der Waals surface area contributed by atoms with Crippen LogP contribution in [0.25, 0.3) is 0 Å². The van der Waals surface area contributed by atoms with Gasteiger partial charge < -0.3 is 5.73 Å². The van der Waals surface area contributed by atoms with E-state index in [0.717, 1.165) is 17.8 Å². The molecule has 0 radical (unpaired) electrons. The minimum absolute atomic E-state index is 0.0586. The predicted octanol–water partition coefficient (Wildman–Crippen LogP) is 2.09. The molecule has 0 aliphatic carbocycles.